The number of methoxy groups -OCH3 is 1. The van der Waals surface area contributed by atoms with Crippen LogP contribution >= 0.6 is 15.9 Å². The van der Waals surface area contributed by atoms with Crippen molar-refractivity contribution >= 4 is 33.2 Å². The molecule has 0 aliphatic rings. The number of rotatable bonds is 6. The van der Waals surface area contributed by atoms with Gasteiger partial charge in [-0.3, -0.25) is 4.79 Å². The van der Waals surface area contributed by atoms with E-state index in [1.807, 2.05) is 50.2 Å². The molecule has 122 valence electrons. The number of carbonyl (C=O) groups is 1. The maximum Gasteiger partial charge on any atom is 0.226 e. The molecule has 0 saturated heterocycles. The number of nitrogens with one attached hydrogen (secondary N) is 2. The van der Waals surface area contributed by atoms with Gasteiger partial charge in [0.05, 0.1) is 12.8 Å². The Bertz CT molecular complexity index is 701. The van der Waals surface area contributed by atoms with Crippen LogP contribution in [-0.2, 0) is 4.79 Å². The highest BCUT2D eigenvalue weighted by Gasteiger charge is 2.08. The van der Waals surface area contributed by atoms with Gasteiger partial charge in [0.25, 0.3) is 0 Å². The zero-order valence-corrected chi connectivity index (χ0v) is 15.2. The lowest BCUT2D eigenvalue weighted by Gasteiger charge is -2.12. The first-order valence-corrected chi connectivity index (χ1v) is 8.23. The second-order valence-electron chi connectivity index (χ2n) is 5.39. The molecule has 5 heteroatoms. The monoisotopic (exact) mass is 376 g/mol. The van der Waals surface area contributed by atoms with Gasteiger partial charge in [-0.15, -0.1) is 0 Å². The van der Waals surface area contributed by atoms with Crippen molar-refractivity contribution in [2.24, 2.45) is 0 Å². The fourth-order valence-electron chi connectivity index (χ4n) is 2.21. The molecule has 4 nitrogen and oxygen atoms in total. The van der Waals surface area contributed by atoms with Crippen LogP contribution in [0.4, 0.5) is 11.4 Å². The van der Waals surface area contributed by atoms with Crippen molar-refractivity contribution in [2.75, 3.05) is 24.3 Å². The number of aryl methyl sites for hydroxylation is 2. The smallest absolute Gasteiger partial charge is 0.226 e. The third-order valence-corrected chi connectivity index (χ3v) is 4.36. The van der Waals surface area contributed by atoms with Crippen LogP contribution in [0.1, 0.15) is 17.5 Å². The van der Waals surface area contributed by atoms with E-state index >= 15 is 0 Å². The molecule has 1 amide bonds. The lowest BCUT2D eigenvalue weighted by molar-refractivity contribution is -0.115. The molecule has 0 atom stereocenters. The van der Waals surface area contributed by atoms with E-state index in [1.165, 1.54) is 0 Å². The highest BCUT2D eigenvalue weighted by Crippen LogP contribution is 2.25. The quantitative estimate of drug-likeness (QED) is 0.779. The van der Waals surface area contributed by atoms with Gasteiger partial charge in [0.2, 0.25) is 5.91 Å². The molecular weight excluding hydrogens is 356 g/mol. The number of anilines is 2. The van der Waals surface area contributed by atoms with E-state index in [1.54, 1.807) is 7.11 Å². The number of benzene rings is 2. The third kappa shape index (κ3) is 4.99. The minimum absolute atomic E-state index is 0.0461. The Hall–Kier alpha value is -2.01. The van der Waals surface area contributed by atoms with Crippen LogP contribution in [0.25, 0.3) is 0 Å². The molecule has 2 N–H and O–H groups in total. The van der Waals surface area contributed by atoms with Gasteiger partial charge in [0.15, 0.2) is 0 Å². The van der Waals surface area contributed by atoms with Crippen molar-refractivity contribution < 1.29 is 9.53 Å². The number of halogens is 1. The number of ether oxygens (including phenoxy) is 1. The van der Waals surface area contributed by atoms with E-state index in [-0.39, 0.29) is 5.91 Å². The molecule has 0 bridgehead atoms. The Labute approximate surface area is 145 Å². The standard InChI is InChI=1S/C18H21BrN2O2/c1-12-4-7-17(23-3)16(10-12)21-18(22)8-9-20-14-5-6-15(19)13(2)11-14/h4-7,10-11,20H,8-9H2,1-3H3,(H,21,22). The third-order valence-electron chi connectivity index (χ3n) is 3.47. The van der Waals surface area contributed by atoms with Crippen LogP contribution in [0.3, 0.4) is 0 Å². The average Bonchev–Trinajstić information content (AvgIpc) is 2.51. The summed E-state index contributed by atoms with van der Waals surface area (Å²) in [5.41, 5.74) is 3.94. The second-order valence-corrected chi connectivity index (χ2v) is 6.25. The van der Waals surface area contributed by atoms with Crippen molar-refractivity contribution in [3.63, 3.8) is 0 Å². The van der Waals surface area contributed by atoms with E-state index in [0.29, 0.717) is 24.4 Å². The van der Waals surface area contributed by atoms with Gasteiger partial charge in [-0.05, 0) is 55.3 Å². The van der Waals surface area contributed by atoms with Crippen LogP contribution in [0.5, 0.6) is 5.75 Å². The lowest BCUT2D eigenvalue weighted by atomic mass is 10.2. The Kier molecular flexibility index (Phi) is 6.04. The number of hydrogen-bond donors (Lipinski definition) is 2. The SMILES string of the molecule is COc1ccc(C)cc1NC(=O)CCNc1ccc(Br)c(C)c1. The molecule has 2 aromatic rings. The largest absolute Gasteiger partial charge is 0.495 e. The van der Waals surface area contributed by atoms with Crippen LogP contribution in [0.2, 0.25) is 0 Å². The molecule has 0 aliphatic heterocycles. The number of hydrogen-bond acceptors (Lipinski definition) is 3. The molecule has 0 saturated carbocycles. The second kappa shape index (κ2) is 8.02. The number of carbonyl (C=O) groups excluding carboxylic acids is 1. The summed E-state index contributed by atoms with van der Waals surface area (Å²) in [7, 11) is 1.59. The fourth-order valence-corrected chi connectivity index (χ4v) is 2.45. The molecule has 0 fully saturated rings. The summed E-state index contributed by atoms with van der Waals surface area (Å²) >= 11 is 3.47. The first kappa shape index (κ1) is 17.3. The summed E-state index contributed by atoms with van der Waals surface area (Å²) in [6, 6.07) is 11.7. The normalized spacial score (nSPS) is 10.3. The first-order valence-electron chi connectivity index (χ1n) is 7.44. The highest BCUT2D eigenvalue weighted by atomic mass is 79.9. The van der Waals surface area contributed by atoms with Gasteiger partial charge in [-0.1, -0.05) is 22.0 Å². The maximum atomic E-state index is 12.1. The van der Waals surface area contributed by atoms with Crippen molar-refractivity contribution in [1.82, 2.24) is 0 Å². The zero-order valence-electron chi connectivity index (χ0n) is 13.6. The van der Waals surface area contributed by atoms with Crippen LogP contribution < -0.4 is 15.4 Å². The average molecular weight is 377 g/mol. The Morgan fingerprint density at radius 3 is 2.65 bits per heavy atom. The molecular formula is C18H21BrN2O2. The van der Waals surface area contributed by atoms with Gasteiger partial charge in [-0.25, -0.2) is 0 Å². The Morgan fingerprint density at radius 1 is 1.17 bits per heavy atom. The molecule has 0 unspecified atom stereocenters. The summed E-state index contributed by atoms with van der Waals surface area (Å²) < 4.78 is 6.34. The molecule has 2 aromatic carbocycles. The van der Waals surface area contributed by atoms with E-state index in [2.05, 4.69) is 26.6 Å². The summed E-state index contributed by atoms with van der Waals surface area (Å²) in [6.07, 6.45) is 0.381. The Balaban J connectivity index is 1.88. The predicted molar refractivity (Wildman–Crippen MR) is 98.3 cm³/mol. The van der Waals surface area contributed by atoms with E-state index in [0.717, 1.165) is 21.3 Å². The van der Waals surface area contributed by atoms with E-state index < -0.39 is 0 Å². The maximum absolute atomic E-state index is 12.1. The van der Waals surface area contributed by atoms with Gasteiger partial charge in [0.1, 0.15) is 5.75 Å². The predicted octanol–water partition coefficient (Wildman–Crippen LogP) is 4.52. The topological polar surface area (TPSA) is 50.4 Å². The highest BCUT2D eigenvalue weighted by molar-refractivity contribution is 9.10. The molecule has 0 radical (unpaired) electrons. The van der Waals surface area contributed by atoms with Crippen molar-refractivity contribution in [1.29, 1.82) is 0 Å². The summed E-state index contributed by atoms with van der Waals surface area (Å²) in [6.45, 7) is 4.58. The van der Waals surface area contributed by atoms with E-state index in [4.69, 9.17) is 4.74 Å². The van der Waals surface area contributed by atoms with Crippen molar-refractivity contribution in [3.8, 4) is 5.75 Å². The van der Waals surface area contributed by atoms with Crippen LogP contribution in [0, 0.1) is 13.8 Å². The van der Waals surface area contributed by atoms with Gasteiger partial charge < -0.3 is 15.4 Å². The minimum Gasteiger partial charge on any atom is -0.495 e. The van der Waals surface area contributed by atoms with Gasteiger partial charge in [-0.2, -0.15) is 0 Å². The fraction of sp³-hybridized carbons (Fsp3) is 0.278. The molecule has 0 spiro atoms. The number of amides is 1. The summed E-state index contributed by atoms with van der Waals surface area (Å²) in [5, 5.41) is 6.15. The molecule has 0 heterocycles. The Morgan fingerprint density at radius 2 is 1.96 bits per heavy atom. The first-order chi connectivity index (χ1) is 11.0. The molecule has 0 aliphatic carbocycles. The van der Waals surface area contributed by atoms with Crippen LogP contribution in [-0.4, -0.2) is 19.6 Å². The zero-order chi connectivity index (χ0) is 16.8. The van der Waals surface area contributed by atoms with Gasteiger partial charge in [0, 0.05) is 23.1 Å². The molecule has 0 aromatic heterocycles. The summed E-state index contributed by atoms with van der Waals surface area (Å²) in [5.74, 6) is 0.621. The van der Waals surface area contributed by atoms with Crippen molar-refractivity contribution in [2.45, 2.75) is 20.3 Å². The summed E-state index contributed by atoms with van der Waals surface area (Å²) in [4.78, 5) is 12.1. The van der Waals surface area contributed by atoms with Gasteiger partial charge >= 0.3 is 0 Å². The molecule has 23 heavy (non-hydrogen) atoms. The minimum atomic E-state index is -0.0461. The van der Waals surface area contributed by atoms with E-state index in [9.17, 15) is 4.79 Å². The lowest BCUT2D eigenvalue weighted by Crippen LogP contribution is -2.16. The van der Waals surface area contributed by atoms with Crippen LogP contribution in [0.15, 0.2) is 40.9 Å². The van der Waals surface area contributed by atoms with Crippen molar-refractivity contribution in [3.05, 3.63) is 52.0 Å². The molecule has 2 rings (SSSR count).